The molecule has 0 saturated carbocycles. The molecule has 1 N–H and O–H groups in total. The van der Waals surface area contributed by atoms with Crippen LogP contribution in [0.4, 0.5) is 0 Å². The minimum Gasteiger partial charge on any atom is -0.515 e. The van der Waals surface area contributed by atoms with Crippen molar-refractivity contribution in [3.8, 4) is 0 Å². The van der Waals surface area contributed by atoms with E-state index in [-0.39, 0.29) is 22.2 Å². The minimum absolute atomic E-state index is 0.0833. The zero-order chi connectivity index (χ0) is 6.85. The number of Topliss-reactive ketones (excluding diaryl/α,β-unsaturated/α-hetero) is 1. The van der Waals surface area contributed by atoms with E-state index in [0.29, 0.717) is 6.26 Å². The zero-order valence-corrected chi connectivity index (χ0v) is 5.27. The highest BCUT2D eigenvalue weighted by Gasteiger charge is 2.26. The van der Waals surface area contributed by atoms with E-state index in [2.05, 4.69) is 0 Å². The average molecular weight is 144 g/mol. The molecule has 0 aromatic rings. The predicted molar refractivity (Wildman–Crippen MR) is 33.2 cm³/mol. The number of hydrogen-bond acceptors (Lipinski definition) is 4. The lowest BCUT2D eigenvalue weighted by Crippen LogP contribution is -1.99. The molecule has 1 saturated heterocycles. The Balaban J connectivity index is 2.91. The maximum atomic E-state index is 10.5. The molecule has 0 unspecified atom stereocenters. The summed E-state index contributed by atoms with van der Waals surface area (Å²) in [6.45, 7) is 0. The molecule has 0 atom stereocenters. The molecule has 1 aliphatic heterocycles. The fourth-order valence-electron chi connectivity index (χ4n) is 0.525. The van der Waals surface area contributed by atoms with Crippen LogP contribution in [0.15, 0.2) is 11.8 Å². The quantitative estimate of drug-likeness (QED) is 0.301. The van der Waals surface area contributed by atoms with Crippen molar-refractivity contribution in [1.82, 2.24) is 0 Å². The number of hydrogen-bond donors (Lipinski definition) is 1. The molecular formula is C5H4O3S. The second kappa shape index (κ2) is 2.23. The Labute approximate surface area is 55.7 Å². The maximum Gasteiger partial charge on any atom is 0.226 e. The van der Waals surface area contributed by atoms with Gasteiger partial charge in [-0.25, -0.2) is 0 Å². The van der Waals surface area contributed by atoms with Crippen LogP contribution in [0.3, 0.4) is 0 Å². The maximum absolute atomic E-state index is 10.5. The molecule has 0 bridgehead atoms. The van der Waals surface area contributed by atoms with E-state index < -0.39 is 0 Å². The lowest BCUT2D eigenvalue weighted by molar-refractivity contribution is -0.115. The van der Waals surface area contributed by atoms with Crippen LogP contribution < -0.4 is 0 Å². The normalized spacial score (nSPS) is 23.8. The molecule has 1 fully saturated rings. The van der Waals surface area contributed by atoms with Crippen molar-refractivity contribution in [3.05, 3.63) is 11.8 Å². The van der Waals surface area contributed by atoms with Crippen LogP contribution in [0.5, 0.6) is 0 Å². The molecule has 0 radical (unpaired) electrons. The summed E-state index contributed by atoms with van der Waals surface area (Å²) in [4.78, 5) is 21.1. The SMILES string of the molecule is O=C1CSC(=O)/C1=C\O. The van der Waals surface area contributed by atoms with Gasteiger partial charge >= 0.3 is 0 Å². The Bertz CT molecular complexity index is 176. The lowest BCUT2D eigenvalue weighted by atomic mass is 10.2. The van der Waals surface area contributed by atoms with Crippen LogP contribution in [-0.4, -0.2) is 21.8 Å². The molecule has 4 heteroatoms. The number of carbonyl (C=O) groups is 2. The fraction of sp³-hybridized carbons (Fsp3) is 0.200. The first-order chi connectivity index (χ1) is 4.25. The number of aliphatic hydroxyl groups is 1. The molecule has 0 spiro atoms. The van der Waals surface area contributed by atoms with Gasteiger partial charge in [-0.15, -0.1) is 0 Å². The second-order valence-electron chi connectivity index (χ2n) is 1.54. The molecule has 1 aliphatic rings. The van der Waals surface area contributed by atoms with E-state index in [1.807, 2.05) is 0 Å². The Hall–Kier alpha value is -0.770. The van der Waals surface area contributed by atoms with Crippen molar-refractivity contribution >= 4 is 22.7 Å². The van der Waals surface area contributed by atoms with Crippen LogP contribution >= 0.6 is 11.8 Å². The summed E-state index contributed by atoms with van der Waals surface area (Å²) in [5, 5.41) is 7.96. The van der Waals surface area contributed by atoms with Gasteiger partial charge in [0.05, 0.1) is 12.0 Å². The van der Waals surface area contributed by atoms with Crippen molar-refractivity contribution in [2.24, 2.45) is 0 Å². The van der Waals surface area contributed by atoms with E-state index in [9.17, 15) is 9.59 Å². The van der Waals surface area contributed by atoms with Gasteiger partial charge in [-0.05, 0) is 0 Å². The third-order valence-electron chi connectivity index (χ3n) is 0.984. The van der Waals surface area contributed by atoms with Crippen LogP contribution in [0, 0.1) is 0 Å². The van der Waals surface area contributed by atoms with Crippen molar-refractivity contribution in [2.45, 2.75) is 0 Å². The molecule has 0 aromatic carbocycles. The Morgan fingerprint density at radius 1 is 1.56 bits per heavy atom. The third kappa shape index (κ3) is 0.977. The van der Waals surface area contributed by atoms with Crippen molar-refractivity contribution in [2.75, 3.05) is 5.75 Å². The topological polar surface area (TPSA) is 54.4 Å². The van der Waals surface area contributed by atoms with Gasteiger partial charge in [0.25, 0.3) is 0 Å². The largest absolute Gasteiger partial charge is 0.515 e. The van der Waals surface area contributed by atoms with Gasteiger partial charge in [0.15, 0.2) is 5.78 Å². The van der Waals surface area contributed by atoms with Gasteiger partial charge in [0.2, 0.25) is 5.12 Å². The summed E-state index contributed by atoms with van der Waals surface area (Å²) < 4.78 is 0. The molecule has 1 rings (SSSR count). The molecular weight excluding hydrogens is 140 g/mol. The number of carbonyl (C=O) groups excluding carboxylic acids is 2. The van der Waals surface area contributed by atoms with Crippen molar-refractivity contribution < 1.29 is 14.7 Å². The smallest absolute Gasteiger partial charge is 0.226 e. The summed E-state index contributed by atoms with van der Waals surface area (Å²) >= 11 is 0.921. The highest BCUT2D eigenvalue weighted by Crippen LogP contribution is 2.20. The Morgan fingerprint density at radius 2 is 2.22 bits per heavy atom. The molecule has 0 amide bonds. The number of rotatable bonds is 0. The van der Waals surface area contributed by atoms with E-state index in [1.165, 1.54) is 0 Å². The Morgan fingerprint density at radius 3 is 2.44 bits per heavy atom. The highest BCUT2D eigenvalue weighted by molar-refractivity contribution is 8.15. The second-order valence-corrected chi connectivity index (χ2v) is 2.49. The summed E-state index contributed by atoms with van der Waals surface area (Å²) in [6.07, 6.45) is 0.574. The third-order valence-corrected chi connectivity index (χ3v) is 1.87. The van der Waals surface area contributed by atoms with Crippen molar-refractivity contribution in [3.63, 3.8) is 0 Å². The molecule has 9 heavy (non-hydrogen) atoms. The highest BCUT2D eigenvalue weighted by atomic mass is 32.2. The van der Waals surface area contributed by atoms with Gasteiger partial charge in [0.1, 0.15) is 5.57 Å². The van der Waals surface area contributed by atoms with Crippen LogP contribution in [0.2, 0.25) is 0 Å². The number of thioether (sulfide) groups is 1. The molecule has 48 valence electrons. The Kier molecular flexibility index (Phi) is 1.57. The molecule has 0 aliphatic carbocycles. The van der Waals surface area contributed by atoms with E-state index in [1.54, 1.807) is 0 Å². The summed E-state index contributed by atoms with van der Waals surface area (Å²) in [5.41, 5.74) is -0.0833. The minimum atomic E-state index is -0.331. The number of aliphatic hydroxyl groups excluding tert-OH is 1. The van der Waals surface area contributed by atoms with E-state index in [0.717, 1.165) is 11.8 Å². The van der Waals surface area contributed by atoms with Crippen LogP contribution in [-0.2, 0) is 9.59 Å². The zero-order valence-electron chi connectivity index (χ0n) is 4.46. The first kappa shape index (κ1) is 6.35. The molecule has 0 aromatic heterocycles. The summed E-state index contributed by atoms with van der Waals surface area (Å²) in [5.74, 6) is -0.113. The lowest BCUT2D eigenvalue weighted by Gasteiger charge is -1.82. The fourth-order valence-corrected chi connectivity index (χ4v) is 1.26. The molecule has 3 nitrogen and oxygen atoms in total. The van der Waals surface area contributed by atoms with E-state index >= 15 is 0 Å². The average Bonchev–Trinajstić information content (AvgIpc) is 2.12. The van der Waals surface area contributed by atoms with E-state index in [4.69, 9.17) is 5.11 Å². The van der Waals surface area contributed by atoms with Crippen LogP contribution in [0.25, 0.3) is 0 Å². The van der Waals surface area contributed by atoms with Gasteiger partial charge in [-0.1, -0.05) is 11.8 Å². The summed E-state index contributed by atoms with van der Waals surface area (Å²) in [7, 11) is 0. The summed E-state index contributed by atoms with van der Waals surface area (Å²) in [6, 6.07) is 0. The van der Waals surface area contributed by atoms with Gasteiger partial charge in [0, 0.05) is 0 Å². The standard InChI is InChI=1S/C5H4O3S/c6-1-3-4(7)2-9-5(3)8/h1,6H,2H2/b3-1-. The molecule has 1 heterocycles. The van der Waals surface area contributed by atoms with Crippen molar-refractivity contribution in [1.29, 1.82) is 0 Å². The van der Waals surface area contributed by atoms with Gasteiger partial charge < -0.3 is 5.11 Å². The first-order valence-electron chi connectivity index (χ1n) is 2.30. The monoisotopic (exact) mass is 144 g/mol. The number of ketones is 1. The van der Waals surface area contributed by atoms with Gasteiger partial charge in [-0.3, -0.25) is 9.59 Å². The predicted octanol–water partition coefficient (Wildman–Crippen LogP) is 0.271. The van der Waals surface area contributed by atoms with Gasteiger partial charge in [-0.2, -0.15) is 0 Å². The first-order valence-corrected chi connectivity index (χ1v) is 3.29. The van der Waals surface area contributed by atoms with Crippen LogP contribution in [0.1, 0.15) is 0 Å².